The van der Waals surface area contributed by atoms with Crippen LogP contribution in [0.2, 0.25) is 0 Å². The molecule has 1 aromatic carbocycles. The molecular weight excluding hydrogens is 465 g/mol. The summed E-state index contributed by atoms with van der Waals surface area (Å²) in [5.74, 6) is -8.32. The Labute approximate surface area is 142 Å². The summed E-state index contributed by atoms with van der Waals surface area (Å²) in [6.07, 6.45) is -2.04. The summed E-state index contributed by atoms with van der Waals surface area (Å²) in [5, 5.41) is 8.58. The second-order valence-electron chi connectivity index (χ2n) is 4.66. The molecule has 0 radical (unpaired) electrons. The quantitative estimate of drug-likeness (QED) is 0.516. The summed E-state index contributed by atoms with van der Waals surface area (Å²) < 4.78 is 33.3. The van der Waals surface area contributed by atoms with Crippen LogP contribution < -0.4 is 0 Å². The van der Waals surface area contributed by atoms with Crippen molar-refractivity contribution in [2.24, 2.45) is 5.92 Å². The molecule has 0 saturated carbocycles. The van der Waals surface area contributed by atoms with E-state index in [-0.39, 0.29) is 5.56 Å². The lowest BCUT2D eigenvalue weighted by molar-refractivity contribution is -0.187. The zero-order chi connectivity index (χ0) is 16.4. The smallest absolute Gasteiger partial charge is 0.378 e. The van der Waals surface area contributed by atoms with Crippen molar-refractivity contribution in [2.45, 2.75) is 25.9 Å². The number of rotatable bonds is 5. The summed E-state index contributed by atoms with van der Waals surface area (Å²) in [5.41, 5.74) is 0.0700. The minimum Gasteiger partial charge on any atom is -0.477 e. The van der Waals surface area contributed by atoms with Gasteiger partial charge in [-0.25, -0.2) is 9.59 Å². The van der Waals surface area contributed by atoms with Gasteiger partial charge in [0.1, 0.15) is 0 Å². The fourth-order valence-corrected chi connectivity index (χ4v) is 3.20. The van der Waals surface area contributed by atoms with Crippen molar-refractivity contribution in [2.75, 3.05) is 0 Å². The van der Waals surface area contributed by atoms with Gasteiger partial charge in [0.15, 0.2) is 6.10 Å². The minimum atomic E-state index is -4.15. The van der Waals surface area contributed by atoms with Crippen LogP contribution in [-0.4, -0.2) is 29.1 Å². The molecule has 1 N–H and O–H groups in total. The third-order valence-corrected chi connectivity index (χ3v) is 3.66. The van der Waals surface area contributed by atoms with Gasteiger partial charge in [0.25, 0.3) is 0 Å². The first-order valence-corrected chi connectivity index (χ1v) is 7.71. The van der Waals surface area contributed by atoms with E-state index in [1.54, 1.807) is 6.07 Å². The van der Waals surface area contributed by atoms with Crippen LogP contribution in [0.4, 0.5) is 8.78 Å². The van der Waals surface area contributed by atoms with Gasteiger partial charge in [-0.2, -0.15) is 8.78 Å². The summed E-state index contributed by atoms with van der Waals surface area (Å²) in [7, 11) is 0. The zero-order valence-corrected chi connectivity index (χ0v) is 14.8. The van der Waals surface area contributed by atoms with Crippen molar-refractivity contribution in [1.29, 1.82) is 0 Å². The van der Waals surface area contributed by atoms with E-state index in [9.17, 15) is 18.4 Å². The van der Waals surface area contributed by atoms with Crippen LogP contribution in [0, 0.1) is 9.49 Å². The van der Waals surface area contributed by atoms with Gasteiger partial charge in [0, 0.05) is 8.04 Å². The Morgan fingerprint density at radius 3 is 2.33 bits per heavy atom. The maximum Gasteiger partial charge on any atom is 0.378 e. The molecule has 1 rings (SSSR count). The van der Waals surface area contributed by atoms with Crippen molar-refractivity contribution in [3.63, 3.8) is 0 Å². The number of carboxylic acids is 1. The fraction of sp³-hybridized carbons (Fsp3) is 0.385. The Morgan fingerprint density at radius 1 is 1.33 bits per heavy atom. The molecule has 8 heteroatoms. The topological polar surface area (TPSA) is 63.6 Å². The molecule has 0 saturated heterocycles. The van der Waals surface area contributed by atoms with Crippen LogP contribution in [-0.2, 0) is 9.53 Å². The molecule has 0 spiro atoms. The van der Waals surface area contributed by atoms with Gasteiger partial charge in [-0.15, -0.1) is 0 Å². The lowest BCUT2D eigenvalue weighted by Gasteiger charge is -2.26. The first-order valence-electron chi connectivity index (χ1n) is 5.84. The number of aliphatic carboxylic acids is 1. The Hall–Kier alpha value is -0.770. The van der Waals surface area contributed by atoms with E-state index < -0.39 is 29.9 Å². The molecule has 0 aromatic heterocycles. The van der Waals surface area contributed by atoms with E-state index in [0.29, 0.717) is 8.04 Å². The lowest BCUT2D eigenvalue weighted by Crippen LogP contribution is -2.47. The number of halogens is 4. The number of hydrogen-bond acceptors (Lipinski definition) is 3. The van der Waals surface area contributed by atoms with Gasteiger partial charge in [-0.3, -0.25) is 0 Å². The van der Waals surface area contributed by atoms with E-state index in [4.69, 9.17) is 9.84 Å². The molecule has 0 fully saturated rings. The van der Waals surface area contributed by atoms with Crippen LogP contribution in [0.15, 0.2) is 22.7 Å². The summed E-state index contributed by atoms with van der Waals surface area (Å²) in [6.45, 7) is 2.72. The number of alkyl halides is 2. The predicted octanol–water partition coefficient (Wildman–Crippen LogP) is 3.96. The lowest BCUT2D eigenvalue weighted by atomic mass is 10.0. The van der Waals surface area contributed by atoms with E-state index >= 15 is 0 Å². The maximum atomic E-state index is 13.6. The molecule has 4 nitrogen and oxygen atoms in total. The number of carbonyl (C=O) groups is 2. The van der Waals surface area contributed by atoms with Gasteiger partial charge >= 0.3 is 17.9 Å². The van der Waals surface area contributed by atoms with Crippen LogP contribution in [0.5, 0.6) is 0 Å². The Bertz CT molecular complexity index is 543. The van der Waals surface area contributed by atoms with Crippen molar-refractivity contribution in [1.82, 2.24) is 0 Å². The Kier molecular flexibility index (Phi) is 6.09. The molecule has 21 heavy (non-hydrogen) atoms. The first kappa shape index (κ1) is 18.3. The van der Waals surface area contributed by atoms with E-state index in [1.807, 2.05) is 22.6 Å². The largest absolute Gasteiger partial charge is 0.477 e. The Morgan fingerprint density at radius 2 is 1.90 bits per heavy atom. The molecule has 116 valence electrons. The van der Waals surface area contributed by atoms with Gasteiger partial charge in [0.2, 0.25) is 0 Å². The first-order chi connectivity index (χ1) is 9.55. The van der Waals surface area contributed by atoms with Crippen LogP contribution >= 0.6 is 38.5 Å². The third-order valence-electron chi connectivity index (χ3n) is 2.58. The standard InChI is InChI=1S/C13H12BrF2IO4/c1-6(2)10(13(15,16)12(19)20)21-11(18)7-3-8(14)5-9(17)4-7/h3-6,10H,1-2H3,(H,19,20). The molecular formula is C13H12BrF2IO4. The molecule has 0 aliphatic carbocycles. The highest BCUT2D eigenvalue weighted by Gasteiger charge is 2.51. The maximum absolute atomic E-state index is 13.6. The van der Waals surface area contributed by atoms with Crippen molar-refractivity contribution >= 4 is 50.5 Å². The molecule has 1 aromatic rings. The van der Waals surface area contributed by atoms with Crippen LogP contribution in [0.25, 0.3) is 0 Å². The van der Waals surface area contributed by atoms with Crippen LogP contribution in [0.1, 0.15) is 24.2 Å². The van der Waals surface area contributed by atoms with Gasteiger partial charge in [-0.05, 0) is 46.7 Å². The number of ether oxygens (including phenoxy) is 1. The predicted molar refractivity (Wildman–Crippen MR) is 83.5 cm³/mol. The monoisotopic (exact) mass is 476 g/mol. The molecule has 0 amide bonds. The summed E-state index contributed by atoms with van der Waals surface area (Å²) in [6, 6.07) is 4.61. The molecule has 0 bridgehead atoms. The number of carbonyl (C=O) groups excluding carboxylic acids is 1. The molecule has 0 heterocycles. The van der Waals surface area contributed by atoms with Crippen LogP contribution in [0.3, 0.4) is 0 Å². The normalized spacial score (nSPS) is 13.1. The number of esters is 1. The van der Waals surface area contributed by atoms with E-state index in [1.165, 1.54) is 26.0 Å². The molecule has 1 atom stereocenters. The number of carboxylic acid groups (broad SMARTS) is 1. The SMILES string of the molecule is CC(C)C(OC(=O)c1cc(Br)cc(I)c1)C(F)(F)C(=O)O. The fourth-order valence-electron chi connectivity index (χ4n) is 1.61. The van der Waals surface area contributed by atoms with Gasteiger partial charge < -0.3 is 9.84 Å². The summed E-state index contributed by atoms with van der Waals surface area (Å²) in [4.78, 5) is 22.6. The highest BCUT2D eigenvalue weighted by atomic mass is 127. The van der Waals surface area contributed by atoms with E-state index in [0.717, 1.165) is 0 Å². The van der Waals surface area contributed by atoms with Crippen molar-refractivity contribution in [3.8, 4) is 0 Å². The summed E-state index contributed by atoms with van der Waals surface area (Å²) >= 11 is 5.14. The van der Waals surface area contributed by atoms with Crippen molar-refractivity contribution in [3.05, 3.63) is 31.8 Å². The highest BCUT2D eigenvalue weighted by Crippen LogP contribution is 2.29. The number of benzene rings is 1. The minimum absolute atomic E-state index is 0.0700. The molecule has 0 aliphatic heterocycles. The second kappa shape index (κ2) is 6.99. The average molecular weight is 477 g/mol. The van der Waals surface area contributed by atoms with E-state index in [2.05, 4.69) is 15.9 Å². The average Bonchev–Trinajstić information content (AvgIpc) is 2.33. The van der Waals surface area contributed by atoms with Crippen molar-refractivity contribution < 1.29 is 28.2 Å². The second-order valence-corrected chi connectivity index (χ2v) is 6.82. The third kappa shape index (κ3) is 4.60. The molecule has 0 aliphatic rings. The number of hydrogen-bond donors (Lipinski definition) is 1. The Balaban J connectivity index is 3.04. The highest BCUT2D eigenvalue weighted by molar-refractivity contribution is 14.1. The van der Waals surface area contributed by atoms with Gasteiger partial charge in [-0.1, -0.05) is 29.8 Å². The zero-order valence-electron chi connectivity index (χ0n) is 11.1. The van der Waals surface area contributed by atoms with Gasteiger partial charge in [0.05, 0.1) is 5.56 Å². The molecule has 1 unspecified atom stereocenters.